The van der Waals surface area contributed by atoms with Crippen LogP contribution in [0.2, 0.25) is 10.0 Å². The normalized spacial score (nSPS) is 13.2. The summed E-state index contributed by atoms with van der Waals surface area (Å²) < 4.78 is 10.4. The van der Waals surface area contributed by atoms with Gasteiger partial charge in [0.05, 0.1) is 28.4 Å². The van der Waals surface area contributed by atoms with Gasteiger partial charge in [0.25, 0.3) is 5.91 Å². The predicted molar refractivity (Wildman–Crippen MR) is 128 cm³/mol. The smallest absolute Gasteiger partial charge is 0.341 e. The summed E-state index contributed by atoms with van der Waals surface area (Å²) in [4.78, 5) is 29.6. The molecule has 0 radical (unpaired) electrons. The number of carbonyl (C=O) groups excluding carboxylic acids is 1. The molecule has 2 aromatic heterocycles. The monoisotopic (exact) mass is 506 g/mol. The number of fused-ring (bicyclic) bond motifs is 1. The highest BCUT2D eigenvalue weighted by molar-refractivity contribution is 7.16. The number of carbonyl (C=O) groups is 2. The van der Waals surface area contributed by atoms with Crippen molar-refractivity contribution in [3.8, 4) is 5.75 Å². The minimum atomic E-state index is -1.13. The molecule has 0 fully saturated rings. The van der Waals surface area contributed by atoms with Gasteiger partial charge in [-0.05, 0) is 61.1 Å². The number of aliphatic imine (C=N–C) groups is 1. The van der Waals surface area contributed by atoms with Gasteiger partial charge in [-0.3, -0.25) is 4.79 Å². The summed E-state index contributed by atoms with van der Waals surface area (Å²) in [6.45, 7) is -0.257. The first kappa shape index (κ1) is 23.4. The molecule has 2 N–H and O–H groups in total. The first-order chi connectivity index (χ1) is 15.9. The molecule has 1 aliphatic rings. The highest BCUT2D eigenvalue weighted by Gasteiger charge is 2.25. The molecule has 0 spiro atoms. The molecular weight excluding hydrogens is 487 g/mol. The van der Waals surface area contributed by atoms with Gasteiger partial charge in [-0.15, -0.1) is 11.3 Å². The summed E-state index contributed by atoms with van der Waals surface area (Å²) in [5.74, 6) is -0.548. The lowest BCUT2D eigenvalue weighted by molar-refractivity contribution is -0.139. The van der Waals surface area contributed by atoms with E-state index in [1.807, 2.05) is 0 Å². The third-order valence-electron chi connectivity index (χ3n) is 5.07. The molecular formula is C23H20Cl2N2O5S. The minimum Gasteiger partial charge on any atom is -0.479 e. The molecule has 172 valence electrons. The summed E-state index contributed by atoms with van der Waals surface area (Å²) in [5.41, 5.74) is 2.25. The third kappa shape index (κ3) is 5.58. The van der Waals surface area contributed by atoms with Gasteiger partial charge in [0, 0.05) is 11.1 Å². The highest BCUT2D eigenvalue weighted by Crippen LogP contribution is 2.40. The summed E-state index contributed by atoms with van der Waals surface area (Å²) >= 11 is 14.0. The Morgan fingerprint density at radius 3 is 2.70 bits per heavy atom. The Morgan fingerprint density at radius 1 is 1.24 bits per heavy atom. The van der Waals surface area contributed by atoms with Crippen LogP contribution in [-0.2, 0) is 24.2 Å². The second-order valence-electron chi connectivity index (χ2n) is 7.41. The number of nitrogens with zero attached hydrogens (tertiary/aromatic N) is 1. The van der Waals surface area contributed by atoms with E-state index in [2.05, 4.69) is 10.3 Å². The zero-order chi connectivity index (χ0) is 23.4. The van der Waals surface area contributed by atoms with E-state index in [0.29, 0.717) is 28.4 Å². The summed E-state index contributed by atoms with van der Waals surface area (Å²) in [7, 11) is 0. The second-order valence-corrected chi connectivity index (χ2v) is 9.31. The largest absolute Gasteiger partial charge is 0.479 e. The molecule has 0 unspecified atom stereocenters. The van der Waals surface area contributed by atoms with Crippen LogP contribution in [0.4, 0.5) is 5.00 Å². The van der Waals surface area contributed by atoms with E-state index in [9.17, 15) is 9.59 Å². The van der Waals surface area contributed by atoms with Crippen LogP contribution < -0.4 is 10.1 Å². The lowest BCUT2D eigenvalue weighted by Gasteiger charge is -2.12. The standard InChI is InChI=1S/C23H20Cl2N2O5S/c24-16-8-13(9-17(25)21(16)32-12-19(28)29)10-27-23-20(15-5-1-2-6-18(15)33-23)22(30)26-11-14-4-3-7-31-14/h3-4,7-10H,1-2,5-6,11-12H2,(H,26,30)(H,28,29). The molecule has 0 atom stereocenters. The molecule has 3 aromatic rings. The van der Waals surface area contributed by atoms with Crippen molar-refractivity contribution in [2.24, 2.45) is 4.99 Å². The molecule has 2 heterocycles. The summed E-state index contributed by atoms with van der Waals surface area (Å²) in [6.07, 6.45) is 7.05. The number of aryl methyl sites for hydroxylation is 1. The number of hydrogen-bond acceptors (Lipinski definition) is 6. The van der Waals surface area contributed by atoms with E-state index >= 15 is 0 Å². The SMILES string of the molecule is O=C(O)COc1c(Cl)cc(C=Nc2sc3c(c2C(=O)NCc2ccco2)CCCC3)cc1Cl. The summed E-state index contributed by atoms with van der Waals surface area (Å²) in [6, 6.07) is 6.74. The molecule has 4 rings (SSSR count). The van der Waals surface area contributed by atoms with Crippen molar-refractivity contribution in [3.63, 3.8) is 0 Å². The molecule has 7 nitrogen and oxygen atoms in total. The Labute approximate surface area is 204 Å². The number of furan rings is 1. The van der Waals surface area contributed by atoms with Crippen LogP contribution in [-0.4, -0.2) is 29.8 Å². The third-order valence-corrected chi connectivity index (χ3v) is 6.84. The van der Waals surface area contributed by atoms with Gasteiger partial charge in [-0.2, -0.15) is 0 Å². The van der Waals surface area contributed by atoms with E-state index < -0.39 is 12.6 Å². The lowest BCUT2D eigenvalue weighted by Crippen LogP contribution is -2.23. The van der Waals surface area contributed by atoms with Crippen LogP contribution >= 0.6 is 34.5 Å². The lowest BCUT2D eigenvalue weighted by atomic mass is 9.95. The number of nitrogens with one attached hydrogen (secondary N) is 1. The number of amides is 1. The predicted octanol–water partition coefficient (Wildman–Crippen LogP) is 5.67. The molecule has 33 heavy (non-hydrogen) atoms. The quantitative estimate of drug-likeness (QED) is 0.383. The molecule has 0 bridgehead atoms. The fourth-order valence-electron chi connectivity index (χ4n) is 3.60. The van der Waals surface area contributed by atoms with Gasteiger partial charge in [-0.1, -0.05) is 23.2 Å². The topological polar surface area (TPSA) is 101 Å². The van der Waals surface area contributed by atoms with E-state index in [-0.39, 0.29) is 21.7 Å². The van der Waals surface area contributed by atoms with Crippen molar-refractivity contribution in [2.75, 3.05) is 6.61 Å². The van der Waals surface area contributed by atoms with Crippen molar-refractivity contribution in [1.29, 1.82) is 0 Å². The molecule has 1 aromatic carbocycles. The number of rotatable bonds is 8. The molecule has 1 aliphatic carbocycles. The van der Waals surface area contributed by atoms with Gasteiger partial charge >= 0.3 is 5.97 Å². The molecule has 0 saturated heterocycles. The number of hydrogen-bond donors (Lipinski definition) is 2. The van der Waals surface area contributed by atoms with Crippen molar-refractivity contribution < 1.29 is 23.8 Å². The number of benzene rings is 1. The Balaban J connectivity index is 1.59. The van der Waals surface area contributed by atoms with Crippen LogP contribution in [0.25, 0.3) is 0 Å². The number of carboxylic acid groups (broad SMARTS) is 1. The maximum Gasteiger partial charge on any atom is 0.341 e. The van der Waals surface area contributed by atoms with Crippen molar-refractivity contribution in [3.05, 3.63) is 67.9 Å². The number of carboxylic acids is 1. The molecule has 0 aliphatic heterocycles. The van der Waals surface area contributed by atoms with E-state index in [1.54, 1.807) is 36.7 Å². The van der Waals surface area contributed by atoms with Crippen LogP contribution in [0.1, 0.15) is 45.0 Å². The molecule has 1 amide bonds. The maximum absolute atomic E-state index is 13.1. The Morgan fingerprint density at radius 2 is 2.00 bits per heavy atom. The average molecular weight is 507 g/mol. The van der Waals surface area contributed by atoms with Crippen LogP contribution in [0.15, 0.2) is 39.9 Å². The van der Waals surface area contributed by atoms with Gasteiger partial charge < -0.3 is 19.6 Å². The van der Waals surface area contributed by atoms with Gasteiger partial charge in [0.15, 0.2) is 12.4 Å². The van der Waals surface area contributed by atoms with Gasteiger partial charge in [0.1, 0.15) is 10.8 Å². The molecule has 10 heteroatoms. The maximum atomic E-state index is 13.1. The van der Waals surface area contributed by atoms with Crippen LogP contribution in [0, 0.1) is 0 Å². The number of halogens is 2. The number of thiophene rings is 1. The van der Waals surface area contributed by atoms with Crippen LogP contribution in [0.5, 0.6) is 5.75 Å². The van der Waals surface area contributed by atoms with Crippen molar-refractivity contribution >= 4 is 57.6 Å². The zero-order valence-electron chi connectivity index (χ0n) is 17.4. The minimum absolute atomic E-state index is 0.0995. The second kappa shape index (κ2) is 10.4. The fourth-order valence-corrected chi connectivity index (χ4v) is 5.45. The first-order valence-corrected chi connectivity index (χ1v) is 11.8. The van der Waals surface area contributed by atoms with Crippen LogP contribution in [0.3, 0.4) is 0 Å². The van der Waals surface area contributed by atoms with Gasteiger partial charge in [-0.25, -0.2) is 9.79 Å². The summed E-state index contributed by atoms with van der Waals surface area (Å²) in [5, 5.41) is 12.7. The Hall–Kier alpha value is -2.81. The fraction of sp³-hybridized carbons (Fsp3) is 0.261. The number of ether oxygens (including phenoxy) is 1. The molecule has 0 saturated carbocycles. The Bertz CT molecular complexity index is 1180. The van der Waals surface area contributed by atoms with E-state index in [4.69, 9.17) is 37.5 Å². The first-order valence-electron chi connectivity index (χ1n) is 10.2. The van der Waals surface area contributed by atoms with Crippen molar-refractivity contribution in [2.45, 2.75) is 32.2 Å². The highest BCUT2D eigenvalue weighted by atomic mass is 35.5. The zero-order valence-corrected chi connectivity index (χ0v) is 19.7. The Kier molecular flexibility index (Phi) is 7.37. The van der Waals surface area contributed by atoms with Crippen molar-refractivity contribution in [1.82, 2.24) is 5.32 Å². The number of aliphatic carboxylic acids is 1. The van der Waals surface area contributed by atoms with E-state index in [0.717, 1.165) is 31.2 Å². The average Bonchev–Trinajstić information content (AvgIpc) is 3.43. The van der Waals surface area contributed by atoms with E-state index in [1.165, 1.54) is 16.2 Å². The van der Waals surface area contributed by atoms with Gasteiger partial charge in [0.2, 0.25) is 0 Å².